The van der Waals surface area contributed by atoms with Crippen LogP contribution in [0.5, 0.6) is 5.75 Å². The fourth-order valence-electron chi connectivity index (χ4n) is 3.17. The first-order valence-corrected chi connectivity index (χ1v) is 11.2. The van der Waals surface area contributed by atoms with E-state index in [1.165, 1.54) is 31.2 Å². The number of carbonyl (C=O) groups excluding carboxylic acids is 3. The summed E-state index contributed by atoms with van der Waals surface area (Å²) in [6, 6.07) is 1.10. The zero-order chi connectivity index (χ0) is 26.7. The van der Waals surface area contributed by atoms with Crippen LogP contribution >= 0.6 is 0 Å². The van der Waals surface area contributed by atoms with Crippen molar-refractivity contribution < 1.29 is 39.3 Å². The number of hydrogen-bond acceptors (Lipinski definition) is 7. The predicted octanol–water partition coefficient (Wildman–Crippen LogP) is -0.268. The third kappa shape index (κ3) is 10.9. The van der Waals surface area contributed by atoms with Crippen LogP contribution in [0.1, 0.15) is 45.6 Å². The van der Waals surface area contributed by atoms with Gasteiger partial charge in [-0.05, 0) is 43.4 Å². The van der Waals surface area contributed by atoms with Gasteiger partial charge < -0.3 is 37.0 Å². The van der Waals surface area contributed by atoms with Crippen LogP contribution in [0.15, 0.2) is 24.3 Å². The van der Waals surface area contributed by atoms with E-state index in [4.69, 9.17) is 10.8 Å². The van der Waals surface area contributed by atoms with Crippen LogP contribution in [0, 0.1) is 5.92 Å². The average molecular weight is 495 g/mol. The Morgan fingerprint density at radius 1 is 0.857 bits per heavy atom. The Hall–Kier alpha value is -3.67. The minimum atomic E-state index is -1.37. The Balaban J connectivity index is 2.88. The summed E-state index contributed by atoms with van der Waals surface area (Å²) in [7, 11) is 0. The fraction of sp³-hybridized carbons (Fsp3) is 0.522. The summed E-state index contributed by atoms with van der Waals surface area (Å²) in [5, 5.41) is 35.0. The molecule has 0 aliphatic heterocycles. The normalized spacial score (nSPS) is 14.3. The molecule has 1 aromatic rings. The van der Waals surface area contributed by atoms with E-state index in [0.29, 0.717) is 12.0 Å². The van der Waals surface area contributed by atoms with Crippen molar-refractivity contribution in [3.63, 3.8) is 0 Å². The second-order valence-corrected chi connectivity index (χ2v) is 8.73. The van der Waals surface area contributed by atoms with Crippen LogP contribution in [-0.2, 0) is 30.4 Å². The molecule has 0 bridgehead atoms. The van der Waals surface area contributed by atoms with Gasteiger partial charge in [0.2, 0.25) is 17.7 Å². The molecule has 194 valence electrons. The number of nitrogens with two attached hydrogens (primary N) is 1. The molecule has 0 radical (unpaired) electrons. The van der Waals surface area contributed by atoms with Crippen LogP contribution in [0.4, 0.5) is 0 Å². The first-order valence-electron chi connectivity index (χ1n) is 11.2. The molecule has 0 saturated heterocycles. The summed E-state index contributed by atoms with van der Waals surface area (Å²) in [5.41, 5.74) is 6.33. The molecule has 12 nitrogen and oxygen atoms in total. The van der Waals surface area contributed by atoms with E-state index in [-0.39, 0.29) is 24.5 Å². The van der Waals surface area contributed by atoms with Crippen LogP contribution in [0.25, 0.3) is 0 Å². The molecule has 0 fully saturated rings. The number of phenolic OH excluding ortho intramolecular Hbond substituents is 1. The van der Waals surface area contributed by atoms with Crippen LogP contribution in [0.2, 0.25) is 0 Å². The van der Waals surface area contributed by atoms with Gasteiger partial charge in [-0.1, -0.05) is 26.0 Å². The predicted molar refractivity (Wildman–Crippen MR) is 125 cm³/mol. The third-order valence-corrected chi connectivity index (χ3v) is 5.08. The quantitative estimate of drug-likeness (QED) is 0.181. The third-order valence-electron chi connectivity index (χ3n) is 5.08. The lowest BCUT2D eigenvalue weighted by Crippen LogP contribution is -2.56. The van der Waals surface area contributed by atoms with Crippen molar-refractivity contribution in [3.8, 4) is 5.75 Å². The lowest BCUT2D eigenvalue weighted by molar-refractivity contribution is -0.143. The minimum Gasteiger partial charge on any atom is -0.508 e. The zero-order valence-corrected chi connectivity index (χ0v) is 20.0. The van der Waals surface area contributed by atoms with Gasteiger partial charge in [-0.2, -0.15) is 0 Å². The Bertz CT molecular complexity index is 903. The van der Waals surface area contributed by atoms with E-state index in [2.05, 4.69) is 16.0 Å². The molecular weight excluding hydrogens is 460 g/mol. The molecule has 0 aromatic heterocycles. The maximum Gasteiger partial charge on any atom is 0.326 e. The number of rotatable bonds is 14. The molecule has 35 heavy (non-hydrogen) atoms. The number of hydrogen-bond donors (Lipinski definition) is 7. The molecule has 3 amide bonds. The number of carboxylic acids is 2. The molecule has 0 spiro atoms. The first kappa shape index (κ1) is 29.4. The second kappa shape index (κ2) is 13.9. The Kier molecular flexibility index (Phi) is 11.7. The van der Waals surface area contributed by atoms with Gasteiger partial charge in [0.1, 0.15) is 23.9 Å². The fourth-order valence-corrected chi connectivity index (χ4v) is 3.17. The molecule has 12 heteroatoms. The number of carboxylic acid groups (broad SMARTS) is 2. The van der Waals surface area contributed by atoms with Crippen molar-refractivity contribution >= 4 is 29.7 Å². The standard InChI is InChI=1S/C23H34N4O8/c1-12(2)10-16(24)21(32)25-13(3)20(31)26-17(8-9-19(29)30)22(33)27-18(23(34)35)11-14-4-6-15(28)7-5-14/h4-7,12-13,16-18,28H,8-11,24H2,1-3H3,(H,25,32)(H,26,31)(H,27,33)(H,29,30)(H,34,35). The highest BCUT2D eigenvalue weighted by molar-refractivity contribution is 5.94. The summed E-state index contributed by atoms with van der Waals surface area (Å²) in [6.07, 6.45) is -0.470. The number of nitrogens with one attached hydrogen (secondary N) is 3. The van der Waals surface area contributed by atoms with Gasteiger partial charge in [0.15, 0.2) is 0 Å². The number of carbonyl (C=O) groups is 5. The van der Waals surface area contributed by atoms with Crippen molar-refractivity contribution in [2.24, 2.45) is 11.7 Å². The summed E-state index contributed by atoms with van der Waals surface area (Å²) in [4.78, 5) is 60.3. The summed E-state index contributed by atoms with van der Waals surface area (Å²) in [5.74, 6) is -4.59. The molecular formula is C23H34N4O8. The number of aromatic hydroxyl groups is 1. The van der Waals surface area contributed by atoms with Crippen molar-refractivity contribution in [3.05, 3.63) is 29.8 Å². The summed E-state index contributed by atoms with van der Waals surface area (Å²) < 4.78 is 0. The van der Waals surface area contributed by atoms with E-state index >= 15 is 0 Å². The largest absolute Gasteiger partial charge is 0.508 e. The highest BCUT2D eigenvalue weighted by Gasteiger charge is 2.29. The van der Waals surface area contributed by atoms with Crippen molar-refractivity contribution in [1.82, 2.24) is 16.0 Å². The first-order chi connectivity index (χ1) is 16.3. The molecule has 4 atom stereocenters. The molecule has 1 aromatic carbocycles. The smallest absolute Gasteiger partial charge is 0.326 e. The minimum absolute atomic E-state index is 0.00696. The van der Waals surface area contributed by atoms with Crippen LogP contribution < -0.4 is 21.7 Å². The van der Waals surface area contributed by atoms with Gasteiger partial charge in [0, 0.05) is 12.8 Å². The second-order valence-electron chi connectivity index (χ2n) is 8.73. The highest BCUT2D eigenvalue weighted by atomic mass is 16.4. The lowest BCUT2D eigenvalue weighted by Gasteiger charge is -2.23. The number of benzene rings is 1. The van der Waals surface area contributed by atoms with E-state index in [9.17, 15) is 34.2 Å². The van der Waals surface area contributed by atoms with E-state index in [0.717, 1.165) is 0 Å². The van der Waals surface area contributed by atoms with Crippen molar-refractivity contribution in [1.29, 1.82) is 0 Å². The molecule has 0 heterocycles. The Morgan fingerprint density at radius 2 is 1.43 bits per heavy atom. The van der Waals surface area contributed by atoms with E-state index in [1.54, 1.807) is 0 Å². The van der Waals surface area contributed by atoms with Gasteiger partial charge in [0.25, 0.3) is 0 Å². The van der Waals surface area contributed by atoms with Gasteiger partial charge in [-0.25, -0.2) is 4.79 Å². The number of amides is 3. The van der Waals surface area contributed by atoms with Gasteiger partial charge >= 0.3 is 11.9 Å². The summed E-state index contributed by atoms with van der Waals surface area (Å²) in [6.45, 7) is 5.16. The molecule has 1 rings (SSSR count). The maximum absolute atomic E-state index is 12.8. The van der Waals surface area contributed by atoms with Gasteiger partial charge in [0.05, 0.1) is 6.04 Å². The molecule has 0 aliphatic rings. The van der Waals surface area contributed by atoms with Crippen molar-refractivity contribution in [2.75, 3.05) is 0 Å². The van der Waals surface area contributed by atoms with Gasteiger partial charge in [-0.3, -0.25) is 19.2 Å². The molecule has 8 N–H and O–H groups in total. The Labute approximate surface area is 203 Å². The summed E-state index contributed by atoms with van der Waals surface area (Å²) >= 11 is 0. The van der Waals surface area contributed by atoms with Crippen molar-refractivity contribution in [2.45, 2.75) is 70.6 Å². The molecule has 0 aliphatic carbocycles. The zero-order valence-electron chi connectivity index (χ0n) is 20.0. The van der Waals surface area contributed by atoms with Crippen LogP contribution in [0.3, 0.4) is 0 Å². The van der Waals surface area contributed by atoms with Crippen LogP contribution in [-0.4, -0.2) is 69.1 Å². The number of phenols is 1. The average Bonchev–Trinajstić information content (AvgIpc) is 2.76. The lowest BCUT2D eigenvalue weighted by atomic mass is 10.0. The monoisotopic (exact) mass is 494 g/mol. The topological polar surface area (TPSA) is 208 Å². The highest BCUT2D eigenvalue weighted by Crippen LogP contribution is 2.12. The van der Waals surface area contributed by atoms with E-state index in [1.807, 2.05) is 13.8 Å². The maximum atomic E-state index is 12.8. The SMILES string of the molecule is CC(C)CC(N)C(=O)NC(C)C(=O)NC(CCC(=O)O)C(=O)NC(Cc1ccc(O)cc1)C(=O)O. The molecule has 4 unspecified atom stereocenters. The number of aliphatic carboxylic acids is 2. The Morgan fingerprint density at radius 3 is 1.94 bits per heavy atom. The van der Waals surface area contributed by atoms with Gasteiger partial charge in [-0.15, -0.1) is 0 Å². The molecule has 0 saturated carbocycles. The van der Waals surface area contributed by atoms with E-state index < -0.39 is 60.2 Å².